The first-order chi connectivity index (χ1) is 9.24. The number of aldehydes is 1. The summed E-state index contributed by atoms with van der Waals surface area (Å²) in [5.41, 5.74) is 1.66. The van der Waals surface area contributed by atoms with Gasteiger partial charge in [0.25, 0.3) is 0 Å². The van der Waals surface area contributed by atoms with E-state index in [0.717, 1.165) is 11.8 Å². The molecule has 0 saturated carbocycles. The van der Waals surface area contributed by atoms with Gasteiger partial charge in [-0.2, -0.15) is 0 Å². The van der Waals surface area contributed by atoms with E-state index < -0.39 is 8.80 Å². The van der Waals surface area contributed by atoms with Gasteiger partial charge in [-0.3, -0.25) is 0 Å². The van der Waals surface area contributed by atoms with Gasteiger partial charge < -0.3 is 4.79 Å². The van der Waals surface area contributed by atoms with Crippen molar-refractivity contribution in [2.24, 2.45) is 0 Å². The summed E-state index contributed by atoms with van der Waals surface area (Å²) >= 11 is 0. The molecular formula is C16H23FOSi. The zero-order valence-corrected chi connectivity index (χ0v) is 12.9. The molecule has 1 fully saturated rings. The molecule has 2 rings (SSSR count). The second kappa shape index (κ2) is 6.99. The number of rotatable bonds is 5. The maximum Gasteiger partial charge on any atom is 0.127 e. The molecule has 0 atom stereocenters. The van der Waals surface area contributed by atoms with Crippen LogP contribution in [0.1, 0.15) is 43.2 Å². The number of carbonyl (C=O) groups is 1. The number of hydrogen-bond acceptors (Lipinski definition) is 1. The third-order valence-electron chi connectivity index (χ3n) is 4.40. The molecule has 0 unspecified atom stereocenters. The first-order valence-electron chi connectivity index (χ1n) is 7.46. The summed E-state index contributed by atoms with van der Waals surface area (Å²) in [5.74, 6) is 0.331. The van der Waals surface area contributed by atoms with E-state index in [2.05, 4.69) is 6.92 Å². The molecule has 0 N–H and O–H groups in total. The molecule has 19 heavy (non-hydrogen) atoms. The Morgan fingerprint density at radius 3 is 2.68 bits per heavy atom. The Morgan fingerprint density at radius 1 is 1.37 bits per heavy atom. The monoisotopic (exact) mass is 278 g/mol. The van der Waals surface area contributed by atoms with Crippen molar-refractivity contribution in [1.29, 1.82) is 0 Å². The zero-order valence-electron chi connectivity index (χ0n) is 11.7. The van der Waals surface area contributed by atoms with Crippen LogP contribution in [0, 0.1) is 5.82 Å². The van der Waals surface area contributed by atoms with Crippen molar-refractivity contribution < 1.29 is 9.18 Å². The highest BCUT2D eigenvalue weighted by Crippen LogP contribution is 2.35. The zero-order chi connectivity index (χ0) is 13.7. The second-order valence-corrected chi connectivity index (χ2v) is 9.19. The van der Waals surface area contributed by atoms with Crippen LogP contribution >= 0.6 is 0 Å². The second-order valence-electron chi connectivity index (χ2n) is 5.73. The third-order valence-corrected chi connectivity index (χ3v) is 8.09. The molecule has 1 aromatic rings. The molecule has 1 heterocycles. The van der Waals surface area contributed by atoms with Gasteiger partial charge in [-0.05, 0) is 36.0 Å². The Kier molecular flexibility index (Phi) is 5.31. The highest BCUT2D eigenvalue weighted by atomic mass is 28.3. The van der Waals surface area contributed by atoms with Gasteiger partial charge in [0, 0.05) is 15.2 Å². The van der Waals surface area contributed by atoms with Crippen LogP contribution in [-0.2, 0) is 11.2 Å². The van der Waals surface area contributed by atoms with Crippen LogP contribution < -0.4 is 0 Å². The SMILES string of the molecule is CCC[SiH]1CCC(c2ccc(CC=O)c(F)c2)CC1. The van der Waals surface area contributed by atoms with Gasteiger partial charge in [-0.15, -0.1) is 0 Å². The maximum absolute atomic E-state index is 13.8. The predicted octanol–water partition coefficient (Wildman–Crippen LogP) is 4.08. The first-order valence-corrected chi connectivity index (χ1v) is 9.91. The number of benzene rings is 1. The van der Waals surface area contributed by atoms with Crippen molar-refractivity contribution in [3.05, 3.63) is 35.1 Å². The Balaban J connectivity index is 1.99. The minimum Gasteiger partial charge on any atom is -0.303 e. The maximum atomic E-state index is 13.8. The van der Waals surface area contributed by atoms with Crippen LogP contribution in [0.15, 0.2) is 18.2 Å². The lowest BCUT2D eigenvalue weighted by Crippen LogP contribution is -2.20. The molecule has 1 aliphatic heterocycles. The van der Waals surface area contributed by atoms with Crippen LogP contribution in [0.2, 0.25) is 18.1 Å². The summed E-state index contributed by atoms with van der Waals surface area (Å²) in [4.78, 5) is 10.4. The van der Waals surface area contributed by atoms with E-state index in [1.165, 1.54) is 37.4 Å². The van der Waals surface area contributed by atoms with Gasteiger partial charge in [0.05, 0.1) is 0 Å². The van der Waals surface area contributed by atoms with Crippen molar-refractivity contribution in [3.63, 3.8) is 0 Å². The van der Waals surface area contributed by atoms with E-state index in [1.54, 1.807) is 12.1 Å². The fourth-order valence-corrected chi connectivity index (χ4v) is 6.70. The molecule has 0 aromatic heterocycles. The van der Waals surface area contributed by atoms with Gasteiger partial charge in [-0.25, -0.2) is 4.39 Å². The van der Waals surface area contributed by atoms with Crippen LogP contribution in [0.4, 0.5) is 4.39 Å². The fraction of sp³-hybridized carbons (Fsp3) is 0.562. The van der Waals surface area contributed by atoms with Crippen molar-refractivity contribution in [2.75, 3.05) is 0 Å². The summed E-state index contributed by atoms with van der Waals surface area (Å²) in [6.45, 7) is 2.28. The van der Waals surface area contributed by atoms with Crippen LogP contribution in [0.5, 0.6) is 0 Å². The van der Waals surface area contributed by atoms with Crippen LogP contribution in [0.25, 0.3) is 0 Å². The molecule has 1 saturated heterocycles. The Morgan fingerprint density at radius 2 is 2.11 bits per heavy atom. The summed E-state index contributed by atoms with van der Waals surface area (Å²) in [6, 6.07) is 9.76. The molecule has 0 amide bonds. The molecule has 3 heteroatoms. The normalized spacial score (nSPS) is 23.3. The summed E-state index contributed by atoms with van der Waals surface area (Å²) in [5, 5.41) is 0. The van der Waals surface area contributed by atoms with Gasteiger partial charge >= 0.3 is 0 Å². The lowest BCUT2D eigenvalue weighted by atomic mass is 9.92. The van der Waals surface area contributed by atoms with Gasteiger partial charge in [0.1, 0.15) is 12.1 Å². The average Bonchev–Trinajstić information content (AvgIpc) is 2.43. The van der Waals surface area contributed by atoms with E-state index in [-0.39, 0.29) is 12.2 Å². The predicted molar refractivity (Wildman–Crippen MR) is 80.0 cm³/mol. The standard InChI is InChI=1S/C16H23FOSi/c1-2-9-19-10-6-13(7-11-19)15-4-3-14(5-8-18)16(17)12-15/h3-4,8,12-13,19H,2,5-7,9-11H2,1H3. The minimum absolute atomic E-state index is 0.183. The van der Waals surface area contributed by atoms with Crippen molar-refractivity contribution in [2.45, 2.75) is 56.7 Å². The molecule has 104 valence electrons. The van der Waals surface area contributed by atoms with E-state index in [1.807, 2.05) is 6.07 Å². The number of hydrogen-bond donors (Lipinski definition) is 0. The third kappa shape index (κ3) is 3.75. The molecule has 1 aromatic carbocycles. The van der Waals surface area contributed by atoms with Crippen molar-refractivity contribution in [3.8, 4) is 0 Å². The molecule has 0 bridgehead atoms. The minimum atomic E-state index is -0.462. The molecule has 0 aliphatic carbocycles. The van der Waals surface area contributed by atoms with Crippen LogP contribution in [0.3, 0.4) is 0 Å². The number of halogens is 1. The molecule has 0 radical (unpaired) electrons. The van der Waals surface area contributed by atoms with E-state index in [0.29, 0.717) is 11.5 Å². The summed E-state index contributed by atoms with van der Waals surface area (Å²) < 4.78 is 13.8. The Labute approximate surface area is 116 Å². The molecule has 0 spiro atoms. The van der Waals surface area contributed by atoms with E-state index >= 15 is 0 Å². The van der Waals surface area contributed by atoms with Crippen LogP contribution in [-0.4, -0.2) is 15.1 Å². The smallest absolute Gasteiger partial charge is 0.127 e. The molecule has 1 aliphatic rings. The largest absolute Gasteiger partial charge is 0.303 e. The van der Waals surface area contributed by atoms with E-state index in [4.69, 9.17) is 0 Å². The first kappa shape index (κ1) is 14.4. The topological polar surface area (TPSA) is 17.1 Å². The molecular weight excluding hydrogens is 255 g/mol. The van der Waals surface area contributed by atoms with Crippen molar-refractivity contribution >= 4 is 15.1 Å². The molecule has 1 nitrogen and oxygen atoms in total. The van der Waals surface area contributed by atoms with Gasteiger partial charge in [0.15, 0.2) is 0 Å². The van der Waals surface area contributed by atoms with Gasteiger partial charge in [-0.1, -0.05) is 43.6 Å². The quantitative estimate of drug-likeness (QED) is 0.586. The summed E-state index contributed by atoms with van der Waals surface area (Å²) in [6.07, 6.45) is 4.76. The van der Waals surface area contributed by atoms with Crippen molar-refractivity contribution in [1.82, 2.24) is 0 Å². The van der Waals surface area contributed by atoms with E-state index in [9.17, 15) is 9.18 Å². The summed E-state index contributed by atoms with van der Waals surface area (Å²) in [7, 11) is -0.462. The van der Waals surface area contributed by atoms with Gasteiger partial charge in [0.2, 0.25) is 0 Å². The Bertz CT molecular complexity index is 425. The highest BCUT2D eigenvalue weighted by Gasteiger charge is 2.23. The highest BCUT2D eigenvalue weighted by molar-refractivity contribution is 6.59. The Hall–Kier alpha value is -0.963. The number of carbonyl (C=O) groups excluding carboxylic acids is 1. The average molecular weight is 278 g/mol. The lowest BCUT2D eigenvalue weighted by molar-refractivity contribution is -0.107. The fourth-order valence-electron chi connectivity index (χ4n) is 3.27. The lowest BCUT2D eigenvalue weighted by Gasteiger charge is -2.28.